The van der Waals surface area contributed by atoms with Gasteiger partial charge in [-0.15, -0.1) is 0 Å². The molecule has 1 atom stereocenters. The van der Waals surface area contributed by atoms with Gasteiger partial charge in [-0.3, -0.25) is 9.80 Å². The van der Waals surface area contributed by atoms with Crippen LogP contribution in [0, 0.1) is 0 Å². The number of benzene rings is 1. The second-order valence-corrected chi connectivity index (χ2v) is 8.31. The maximum absolute atomic E-state index is 3.52. The van der Waals surface area contributed by atoms with Crippen LogP contribution in [0.15, 0.2) is 24.3 Å². The molecule has 3 saturated heterocycles. The van der Waals surface area contributed by atoms with Gasteiger partial charge in [0, 0.05) is 18.6 Å². The van der Waals surface area contributed by atoms with Gasteiger partial charge in [0.25, 0.3) is 0 Å². The molecule has 3 heterocycles. The first-order valence-electron chi connectivity index (χ1n) is 10.7. The Morgan fingerprint density at radius 2 is 1.52 bits per heavy atom. The number of likely N-dealkylation sites (tertiary alicyclic amines) is 2. The molecule has 4 rings (SSSR count). The van der Waals surface area contributed by atoms with Gasteiger partial charge in [0.15, 0.2) is 0 Å². The molecule has 3 fully saturated rings. The smallest absolute Gasteiger partial charge is 0.0351 e. The fourth-order valence-electron chi connectivity index (χ4n) is 5.11. The van der Waals surface area contributed by atoms with Crippen LogP contribution >= 0.6 is 0 Å². The zero-order valence-corrected chi connectivity index (χ0v) is 15.8. The normalized spacial score (nSPS) is 27.4. The van der Waals surface area contributed by atoms with Crippen molar-refractivity contribution in [3.63, 3.8) is 0 Å². The summed E-state index contributed by atoms with van der Waals surface area (Å²) < 4.78 is 0. The van der Waals surface area contributed by atoms with Crippen LogP contribution in [0.25, 0.3) is 0 Å². The van der Waals surface area contributed by atoms with E-state index in [1.807, 2.05) is 0 Å². The third kappa shape index (κ3) is 4.45. The molecule has 0 spiro atoms. The zero-order chi connectivity index (χ0) is 16.9. The van der Waals surface area contributed by atoms with Gasteiger partial charge >= 0.3 is 0 Å². The average molecular weight is 342 g/mol. The largest absolute Gasteiger partial charge is 0.317 e. The van der Waals surface area contributed by atoms with E-state index in [-0.39, 0.29) is 0 Å². The highest BCUT2D eigenvalue weighted by atomic mass is 15.2. The third-order valence-electron chi connectivity index (χ3n) is 6.54. The molecule has 0 aromatic heterocycles. The van der Waals surface area contributed by atoms with Crippen molar-refractivity contribution >= 4 is 0 Å². The molecule has 1 unspecified atom stereocenters. The summed E-state index contributed by atoms with van der Waals surface area (Å²) in [5, 5.41) is 3.52. The fraction of sp³-hybridized carbons (Fsp3) is 0.727. The Balaban J connectivity index is 1.41. The lowest BCUT2D eigenvalue weighted by atomic mass is 9.91. The molecular formula is C22H35N3. The number of rotatable bonds is 4. The zero-order valence-electron chi connectivity index (χ0n) is 15.8. The van der Waals surface area contributed by atoms with Crippen molar-refractivity contribution in [3.8, 4) is 0 Å². The first-order valence-corrected chi connectivity index (χ1v) is 10.7. The summed E-state index contributed by atoms with van der Waals surface area (Å²) in [6, 6.07) is 11.1. The minimum Gasteiger partial charge on any atom is -0.317 e. The van der Waals surface area contributed by atoms with E-state index < -0.39 is 0 Å². The summed E-state index contributed by atoms with van der Waals surface area (Å²) in [7, 11) is 0. The van der Waals surface area contributed by atoms with E-state index in [1.165, 1.54) is 89.7 Å². The molecule has 1 aromatic rings. The quantitative estimate of drug-likeness (QED) is 0.894. The van der Waals surface area contributed by atoms with Crippen LogP contribution in [-0.2, 0) is 6.54 Å². The standard InChI is InChI=1S/C22H35N3/c1-3-15-24(16-4-1)18-19-7-9-20(10-8-19)22-6-2-5-17-25(22)21-11-13-23-14-12-21/h7-10,21-23H,1-6,11-18H2. The molecule has 1 aromatic carbocycles. The molecular weight excluding hydrogens is 306 g/mol. The van der Waals surface area contributed by atoms with E-state index in [0.29, 0.717) is 6.04 Å². The molecule has 0 aliphatic carbocycles. The molecule has 3 nitrogen and oxygen atoms in total. The van der Waals surface area contributed by atoms with Gasteiger partial charge in [0.1, 0.15) is 0 Å². The van der Waals surface area contributed by atoms with Crippen LogP contribution in [0.1, 0.15) is 68.5 Å². The molecule has 0 bridgehead atoms. The van der Waals surface area contributed by atoms with Crippen LogP contribution in [-0.4, -0.2) is 48.6 Å². The Morgan fingerprint density at radius 1 is 0.800 bits per heavy atom. The summed E-state index contributed by atoms with van der Waals surface area (Å²) in [6.07, 6.45) is 10.9. The van der Waals surface area contributed by atoms with Crippen molar-refractivity contribution in [1.29, 1.82) is 0 Å². The van der Waals surface area contributed by atoms with E-state index in [2.05, 4.69) is 39.4 Å². The van der Waals surface area contributed by atoms with Crippen molar-refractivity contribution in [2.75, 3.05) is 32.7 Å². The van der Waals surface area contributed by atoms with Gasteiger partial charge in [-0.1, -0.05) is 37.1 Å². The van der Waals surface area contributed by atoms with E-state index in [1.54, 1.807) is 5.56 Å². The van der Waals surface area contributed by atoms with Gasteiger partial charge < -0.3 is 5.32 Å². The average Bonchev–Trinajstić information content (AvgIpc) is 2.70. The molecule has 1 N–H and O–H groups in total. The van der Waals surface area contributed by atoms with E-state index in [4.69, 9.17) is 0 Å². The Labute approximate surface area is 153 Å². The van der Waals surface area contributed by atoms with Crippen molar-refractivity contribution in [3.05, 3.63) is 35.4 Å². The summed E-state index contributed by atoms with van der Waals surface area (Å²) >= 11 is 0. The van der Waals surface area contributed by atoms with Crippen molar-refractivity contribution in [1.82, 2.24) is 15.1 Å². The lowest BCUT2D eigenvalue weighted by molar-refractivity contribution is 0.0760. The molecule has 0 radical (unpaired) electrons. The predicted molar refractivity (Wildman–Crippen MR) is 105 cm³/mol. The summed E-state index contributed by atoms with van der Waals surface area (Å²) in [6.45, 7) is 7.40. The first-order chi connectivity index (χ1) is 12.4. The number of hydrogen-bond acceptors (Lipinski definition) is 3. The van der Waals surface area contributed by atoms with Gasteiger partial charge in [-0.05, 0) is 82.4 Å². The maximum Gasteiger partial charge on any atom is 0.0351 e. The van der Waals surface area contributed by atoms with Crippen LogP contribution < -0.4 is 5.32 Å². The molecule has 25 heavy (non-hydrogen) atoms. The summed E-state index contributed by atoms with van der Waals surface area (Å²) in [5.74, 6) is 0. The van der Waals surface area contributed by atoms with Crippen molar-refractivity contribution in [2.45, 2.75) is 70.0 Å². The second-order valence-electron chi connectivity index (χ2n) is 8.31. The van der Waals surface area contributed by atoms with Gasteiger partial charge in [-0.2, -0.15) is 0 Å². The van der Waals surface area contributed by atoms with E-state index in [0.717, 1.165) is 12.6 Å². The minimum absolute atomic E-state index is 0.654. The summed E-state index contributed by atoms with van der Waals surface area (Å²) in [4.78, 5) is 5.46. The Kier molecular flexibility index (Phi) is 6.06. The van der Waals surface area contributed by atoms with Crippen LogP contribution in [0.4, 0.5) is 0 Å². The fourth-order valence-corrected chi connectivity index (χ4v) is 5.11. The first kappa shape index (κ1) is 17.5. The molecule has 3 heteroatoms. The third-order valence-corrected chi connectivity index (χ3v) is 6.54. The Bertz CT molecular complexity index is 515. The monoisotopic (exact) mass is 341 g/mol. The van der Waals surface area contributed by atoms with Crippen LogP contribution in [0.5, 0.6) is 0 Å². The highest BCUT2D eigenvalue weighted by molar-refractivity contribution is 5.26. The van der Waals surface area contributed by atoms with E-state index in [9.17, 15) is 0 Å². The summed E-state index contributed by atoms with van der Waals surface area (Å²) in [5.41, 5.74) is 3.05. The molecule has 138 valence electrons. The SMILES string of the molecule is c1cc(C2CCCCN2C2CCNCC2)ccc1CN1CCCCC1. The van der Waals surface area contributed by atoms with Crippen molar-refractivity contribution < 1.29 is 0 Å². The lowest BCUT2D eigenvalue weighted by Crippen LogP contribution is -2.46. The number of piperidine rings is 3. The topological polar surface area (TPSA) is 18.5 Å². The molecule has 0 amide bonds. The molecule has 3 aliphatic heterocycles. The highest BCUT2D eigenvalue weighted by Gasteiger charge is 2.30. The number of nitrogens with zero attached hydrogens (tertiary/aromatic N) is 2. The predicted octanol–water partition coefficient (Wildman–Crippen LogP) is 3.95. The number of hydrogen-bond donors (Lipinski definition) is 1. The Morgan fingerprint density at radius 3 is 2.28 bits per heavy atom. The maximum atomic E-state index is 3.52. The van der Waals surface area contributed by atoms with E-state index >= 15 is 0 Å². The highest BCUT2D eigenvalue weighted by Crippen LogP contribution is 2.34. The number of nitrogens with one attached hydrogen (secondary N) is 1. The Hall–Kier alpha value is -0.900. The minimum atomic E-state index is 0.654. The van der Waals surface area contributed by atoms with Crippen molar-refractivity contribution in [2.24, 2.45) is 0 Å². The van der Waals surface area contributed by atoms with Gasteiger partial charge in [0.05, 0.1) is 0 Å². The van der Waals surface area contributed by atoms with Gasteiger partial charge in [-0.25, -0.2) is 0 Å². The second kappa shape index (κ2) is 8.66. The van der Waals surface area contributed by atoms with Crippen LogP contribution in [0.3, 0.4) is 0 Å². The molecule has 0 saturated carbocycles. The lowest BCUT2D eigenvalue weighted by Gasteiger charge is -2.43. The van der Waals surface area contributed by atoms with Crippen LogP contribution in [0.2, 0.25) is 0 Å². The molecule has 3 aliphatic rings. The van der Waals surface area contributed by atoms with Gasteiger partial charge in [0.2, 0.25) is 0 Å².